The van der Waals surface area contributed by atoms with Crippen LogP contribution in [0.25, 0.3) is 0 Å². The summed E-state index contributed by atoms with van der Waals surface area (Å²) in [5.41, 5.74) is 0. The van der Waals surface area contributed by atoms with E-state index in [0.717, 1.165) is 63.3 Å². The van der Waals surface area contributed by atoms with Crippen LogP contribution in [-0.2, 0) is 13.0 Å². The predicted octanol–water partition coefficient (Wildman–Crippen LogP) is 1.98. The van der Waals surface area contributed by atoms with Gasteiger partial charge < -0.3 is 20.1 Å². The van der Waals surface area contributed by atoms with Crippen LogP contribution in [-0.4, -0.2) is 88.9 Å². The smallest absolute Gasteiger partial charge is 0.191 e. The zero-order valence-electron chi connectivity index (χ0n) is 20.0. The fourth-order valence-electron chi connectivity index (χ4n) is 4.72. The molecule has 0 saturated carbocycles. The molecule has 0 aromatic carbocycles. The van der Waals surface area contributed by atoms with Crippen molar-refractivity contribution < 1.29 is 0 Å². The van der Waals surface area contributed by atoms with Crippen molar-refractivity contribution in [3.63, 3.8) is 0 Å². The van der Waals surface area contributed by atoms with Crippen LogP contribution in [0.1, 0.15) is 58.7 Å². The molecule has 8 heteroatoms. The Morgan fingerprint density at radius 2 is 1.90 bits per heavy atom. The third kappa shape index (κ3) is 7.75. The number of guanidine groups is 1. The lowest BCUT2D eigenvalue weighted by Crippen LogP contribution is -2.42. The molecule has 1 aromatic heterocycles. The highest BCUT2D eigenvalue weighted by molar-refractivity contribution is 5.79. The van der Waals surface area contributed by atoms with Crippen molar-refractivity contribution in [3.05, 3.63) is 12.2 Å². The van der Waals surface area contributed by atoms with Gasteiger partial charge in [0, 0.05) is 32.1 Å². The van der Waals surface area contributed by atoms with Gasteiger partial charge in [-0.1, -0.05) is 20.8 Å². The number of hydrogen-bond acceptors (Lipinski definition) is 5. The van der Waals surface area contributed by atoms with Crippen LogP contribution in [0.3, 0.4) is 0 Å². The molecule has 0 amide bonds. The number of nitrogens with one attached hydrogen (secondary N) is 2. The molecule has 1 aromatic rings. The molecule has 2 aliphatic heterocycles. The van der Waals surface area contributed by atoms with Gasteiger partial charge in [-0.3, -0.25) is 9.89 Å². The molecule has 8 nitrogen and oxygen atoms in total. The normalized spacial score (nSPS) is 21.6. The lowest BCUT2D eigenvalue weighted by atomic mass is 9.99. The summed E-state index contributed by atoms with van der Waals surface area (Å²) in [7, 11) is 0. The summed E-state index contributed by atoms with van der Waals surface area (Å²) in [6.45, 7) is 16.3. The molecule has 0 aliphatic carbocycles. The molecular weight excluding hydrogens is 388 g/mol. The molecular formula is C23H44N8. The Balaban J connectivity index is 1.45. The van der Waals surface area contributed by atoms with Crippen LogP contribution in [0.2, 0.25) is 0 Å². The van der Waals surface area contributed by atoms with E-state index < -0.39 is 0 Å². The van der Waals surface area contributed by atoms with E-state index in [1.165, 1.54) is 51.9 Å². The van der Waals surface area contributed by atoms with Crippen LogP contribution in [0, 0.1) is 5.92 Å². The Morgan fingerprint density at radius 3 is 2.68 bits per heavy atom. The van der Waals surface area contributed by atoms with Crippen molar-refractivity contribution in [2.24, 2.45) is 10.9 Å². The number of aliphatic imine (C=N–C) groups is 1. The molecule has 176 valence electrons. The third-order valence-electron chi connectivity index (χ3n) is 6.84. The van der Waals surface area contributed by atoms with Crippen molar-refractivity contribution in [3.8, 4) is 0 Å². The lowest BCUT2D eigenvalue weighted by Gasteiger charge is -2.30. The summed E-state index contributed by atoms with van der Waals surface area (Å²) < 4.78 is 2.12. The summed E-state index contributed by atoms with van der Waals surface area (Å²) in [5, 5.41) is 15.3. The molecule has 31 heavy (non-hydrogen) atoms. The monoisotopic (exact) mass is 432 g/mol. The first-order chi connectivity index (χ1) is 15.2. The van der Waals surface area contributed by atoms with Crippen LogP contribution >= 0.6 is 0 Å². The van der Waals surface area contributed by atoms with Crippen molar-refractivity contribution in [1.29, 1.82) is 0 Å². The van der Waals surface area contributed by atoms with E-state index in [1.807, 2.05) is 6.33 Å². The third-order valence-corrected chi connectivity index (χ3v) is 6.84. The number of piperidine rings is 1. The molecule has 1 unspecified atom stereocenters. The Bertz CT molecular complexity index is 650. The summed E-state index contributed by atoms with van der Waals surface area (Å²) >= 11 is 0. The first-order valence-corrected chi connectivity index (χ1v) is 12.5. The Hall–Kier alpha value is -1.67. The minimum absolute atomic E-state index is 0.587. The molecule has 2 fully saturated rings. The number of likely N-dealkylation sites (tertiary alicyclic amines) is 2. The van der Waals surface area contributed by atoms with Gasteiger partial charge in [-0.05, 0) is 70.7 Å². The fourth-order valence-corrected chi connectivity index (χ4v) is 4.72. The second-order valence-electron chi connectivity index (χ2n) is 9.14. The second kappa shape index (κ2) is 13.0. The maximum atomic E-state index is 4.96. The van der Waals surface area contributed by atoms with Gasteiger partial charge in [0.1, 0.15) is 12.2 Å². The Morgan fingerprint density at radius 1 is 1.10 bits per heavy atom. The largest absolute Gasteiger partial charge is 0.356 e. The van der Waals surface area contributed by atoms with Gasteiger partial charge in [0.25, 0.3) is 0 Å². The van der Waals surface area contributed by atoms with Gasteiger partial charge in [-0.2, -0.15) is 0 Å². The number of nitrogens with zero attached hydrogens (tertiary/aromatic N) is 6. The van der Waals surface area contributed by atoms with E-state index in [0.29, 0.717) is 6.04 Å². The van der Waals surface area contributed by atoms with Crippen LogP contribution in [0.15, 0.2) is 11.3 Å². The summed E-state index contributed by atoms with van der Waals surface area (Å²) in [5.74, 6) is 2.88. The van der Waals surface area contributed by atoms with Crippen molar-refractivity contribution in [2.45, 2.75) is 71.9 Å². The number of aryl methyl sites for hydroxylation is 1. The highest BCUT2D eigenvalue weighted by Crippen LogP contribution is 2.17. The van der Waals surface area contributed by atoms with Crippen molar-refractivity contribution >= 4 is 5.96 Å². The number of aromatic nitrogens is 3. The molecule has 2 saturated heterocycles. The fraction of sp³-hybridized carbons (Fsp3) is 0.870. The van der Waals surface area contributed by atoms with Gasteiger partial charge in [0.2, 0.25) is 0 Å². The maximum absolute atomic E-state index is 4.96. The summed E-state index contributed by atoms with van der Waals surface area (Å²) in [4.78, 5) is 10.1. The average Bonchev–Trinajstić information content (AvgIpc) is 3.44. The van der Waals surface area contributed by atoms with E-state index in [9.17, 15) is 0 Å². The SMILES string of the molecule is CCc1nncn1CCNC(=NCC1CCCN1CC)NCCCN1CCC(C)CC1. The van der Waals surface area contributed by atoms with E-state index in [1.54, 1.807) is 0 Å². The molecule has 3 heterocycles. The second-order valence-corrected chi connectivity index (χ2v) is 9.14. The minimum Gasteiger partial charge on any atom is -0.356 e. The van der Waals surface area contributed by atoms with Crippen molar-refractivity contribution in [1.82, 2.24) is 35.2 Å². The standard InChI is InChI=1S/C23H44N8/c1-4-22-28-27-19-31(22)17-12-25-23(26-18-21-8-6-14-30(21)5-2)24-11-7-13-29-15-9-20(3)10-16-29/h19-21H,4-18H2,1-3H3,(H2,24,25,26). The molecule has 2 aliphatic rings. The first kappa shape index (κ1) is 24.0. The van der Waals surface area contributed by atoms with Gasteiger partial charge >= 0.3 is 0 Å². The van der Waals surface area contributed by atoms with Gasteiger partial charge in [-0.15, -0.1) is 10.2 Å². The lowest BCUT2D eigenvalue weighted by molar-refractivity contribution is 0.191. The highest BCUT2D eigenvalue weighted by atomic mass is 15.3. The Labute approximate surface area is 188 Å². The van der Waals surface area contributed by atoms with Gasteiger partial charge in [0.15, 0.2) is 5.96 Å². The number of hydrogen-bond donors (Lipinski definition) is 2. The zero-order valence-corrected chi connectivity index (χ0v) is 20.0. The quantitative estimate of drug-likeness (QED) is 0.316. The number of rotatable bonds is 11. The maximum Gasteiger partial charge on any atom is 0.191 e. The van der Waals surface area contributed by atoms with Crippen LogP contribution in [0.5, 0.6) is 0 Å². The summed E-state index contributed by atoms with van der Waals surface area (Å²) in [6, 6.07) is 0.587. The topological polar surface area (TPSA) is 73.6 Å². The molecule has 3 rings (SSSR count). The average molecular weight is 433 g/mol. The van der Waals surface area contributed by atoms with Crippen LogP contribution in [0.4, 0.5) is 0 Å². The van der Waals surface area contributed by atoms with Gasteiger partial charge in [0.05, 0.1) is 6.54 Å². The van der Waals surface area contributed by atoms with E-state index >= 15 is 0 Å². The van der Waals surface area contributed by atoms with Crippen molar-refractivity contribution in [2.75, 3.05) is 52.4 Å². The molecule has 0 bridgehead atoms. The first-order valence-electron chi connectivity index (χ1n) is 12.5. The highest BCUT2D eigenvalue weighted by Gasteiger charge is 2.22. The van der Waals surface area contributed by atoms with E-state index in [4.69, 9.17) is 4.99 Å². The zero-order chi connectivity index (χ0) is 21.9. The molecule has 0 radical (unpaired) electrons. The molecule has 1 atom stereocenters. The minimum atomic E-state index is 0.587. The molecule has 2 N–H and O–H groups in total. The van der Waals surface area contributed by atoms with E-state index in [-0.39, 0.29) is 0 Å². The van der Waals surface area contributed by atoms with Gasteiger partial charge in [-0.25, -0.2) is 0 Å². The predicted molar refractivity (Wildman–Crippen MR) is 127 cm³/mol. The Kier molecular flexibility index (Phi) is 10.1. The van der Waals surface area contributed by atoms with Crippen LogP contribution < -0.4 is 10.6 Å². The van der Waals surface area contributed by atoms with E-state index in [2.05, 4.69) is 56.0 Å². The summed E-state index contributed by atoms with van der Waals surface area (Å²) in [6.07, 6.45) is 9.14. The number of likely N-dealkylation sites (N-methyl/N-ethyl adjacent to an activating group) is 1. The molecule has 0 spiro atoms.